The van der Waals surface area contributed by atoms with Crippen molar-refractivity contribution in [1.82, 2.24) is 0 Å². The second-order valence-electron chi connectivity index (χ2n) is 12.4. The van der Waals surface area contributed by atoms with Crippen LogP contribution in [0.15, 0.2) is 35.9 Å². The molecule has 36 heavy (non-hydrogen) atoms. The summed E-state index contributed by atoms with van der Waals surface area (Å²) in [5.74, 6) is 2.67. The number of aliphatic hydroxyl groups excluding tert-OH is 2. The molecule has 0 bridgehead atoms. The predicted octanol–water partition coefficient (Wildman–Crippen LogP) is 1.84. The first kappa shape index (κ1) is 28.1. The normalized spacial score (nSPS) is 38.1. The number of halogens is 2. The van der Waals surface area contributed by atoms with E-state index >= 15 is 0 Å². The number of carbonyl (C=O) groups excluding carboxylic acids is 1. The molecule has 1 aromatic rings. The van der Waals surface area contributed by atoms with Gasteiger partial charge in [0.15, 0.2) is 0 Å². The Morgan fingerprint density at radius 2 is 1.86 bits per heavy atom. The number of allylic oxidation sites excluding steroid dienone is 1. The number of aliphatic hydroxyl groups is 2. The SMILES string of the molecule is CC12CCC(O)CC1=CCC1C2CCC2(C)C(C(=O)CC[NH2+]CC(O)c3ccc(Cl)cc3)CCC12.[Cl-]. The van der Waals surface area contributed by atoms with E-state index < -0.39 is 6.10 Å². The molecule has 5 rings (SSSR count). The Hall–Kier alpha value is -0.910. The van der Waals surface area contributed by atoms with Crippen molar-refractivity contribution in [2.45, 2.75) is 83.8 Å². The molecule has 0 heterocycles. The highest BCUT2D eigenvalue weighted by Gasteiger charge is 2.59. The van der Waals surface area contributed by atoms with Crippen molar-refractivity contribution in [1.29, 1.82) is 0 Å². The van der Waals surface area contributed by atoms with Crippen LogP contribution in [-0.4, -0.2) is 35.2 Å². The Bertz CT molecular complexity index is 965. The lowest BCUT2D eigenvalue weighted by molar-refractivity contribution is -0.660. The Morgan fingerprint density at radius 3 is 2.61 bits per heavy atom. The average Bonchev–Trinajstić information content (AvgIpc) is 3.20. The zero-order valence-corrected chi connectivity index (χ0v) is 23.3. The van der Waals surface area contributed by atoms with Gasteiger partial charge in [0.25, 0.3) is 0 Å². The Labute approximate surface area is 227 Å². The molecule has 0 spiro atoms. The summed E-state index contributed by atoms with van der Waals surface area (Å²) in [5, 5.41) is 23.4. The monoisotopic (exact) mass is 535 g/mol. The number of quaternary nitrogens is 1. The van der Waals surface area contributed by atoms with E-state index in [0.29, 0.717) is 41.5 Å². The maximum atomic E-state index is 13.4. The van der Waals surface area contributed by atoms with Crippen LogP contribution in [0.1, 0.15) is 83.3 Å². The summed E-state index contributed by atoms with van der Waals surface area (Å²) >= 11 is 5.94. The Kier molecular flexibility index (Phi) is 8.64. The molecule has 1 aromatic carbocycles. The van der Waals surface area contributed by atoms with E-state index in [-0.39, 0.29) is 35.3 Å². The standard InChI is InChI=1S/C30H42ClNO3.ClH/c1-29-14-11-22(33)17-20(29)5-8-23-24-9-10-26(30(24,2)15-12-25(23)29)27(34)13-16-32-18-28(35)19-3-6-21(31)7-4-19;/h3-7,22-26,28,32-33,35H,8-18H2,1-2H3;1H. The van der Waals surface area contributed by atoms with Gasteiger partial charge in [-0.1, -0.05) is 49.2 Å². The van der Waals surface area contributed by atoms with Gasteiger partial charge in [-0.05, 0) is 97.6 Å². The van der Waals surface area contributed by atoms with Crippen LogP contribution in [0.2, 0.25) is 5.02 Å². The number of rotatable bonds is 7. The molecule has 6 heteroatoms. The number of hydrogen-bond acceptors (Lipinski definition) is 3. The molecule has 0 aliphatic heterocycles. The smallest absolute Gasteiger partial charge is 0.142 e. The summed E-state index contributed by atoms with van der Waals surface area (Å²) in [6, 6.07) is 7.33. The van der Waals surface area contributed by atoms with Gasteiger partial charge >= 0.3 is 0 Å². The molecular weight excluding hydrogens is 493 g/mol. The fraction of sp³-hybridized carbons (Fsp3) is 0.700. The summed E-state index contributed by atoms with van der Waals surface area (Å²) < 4.78 is 0. The first-order chi connectivity index (χ1) is 16.7. The minimum absolute atomic E-state index is 0. The van der Waals surface area contributed by atoms with Gasteiger partial charge in [-0.15, -0.1) is 0 Å². The van der Waals surface area contributed by atoms with Crippen LogP contribution in [0, 0.1) is 34.5 Å². The maximum Gasteiger partial charge on any atom is 0.142 e. The third-order valence-corrected chi connectivity index (χ3v) is 11.0. The van der Waals surface area contributed by atoms with Gasteiger partial charge in [-0.25, -0.2) is 0 Å². The van der Waals surface area contributed by atoms with E-state index in [0.717, 1.165) is 44.2 Å². The molecule has 0 aromatic heterocycles. The van der Waals surface area contributed by atoms with Gasteiger partial charge in [0.2, 0.25) is 0 Å². The minimum atomic E-state index is -0.544. The zero-order chi connectivity index (χ0) is 24.8. The van der Waals surface area contributed by atoms with Crippen LogP contribution < -0.4 is 17.7 Å². The van der Waals surface area contributed by atoms with Crippen molar-refractivity contribution in [2.24, 2.45) is 34.5 Å². The van der Waals surface area contributed by atoms with Gasteiger partial charge < -0.3 is 27.9 Å². The highest BCUT2D eigenvalue weighted by Crippen LogP contribution is 2.66. The average molecular weight is 537 g/mol. The summed E-state index contributed by atoms with van der Waals surface area (Å²) in [7, 11) is 0. The van der Waals surface area contributed by atoms with Crippen molar-refractivity contribution in [3.8, 4) is 0 Å². The number of benzene rings is 1. The van der Waals surface area contributed by atoms with Crippen molar-refractivity contribution in [2.75, 3.05) is 13.1 Å². The molecule has 4 aliphatic rings. The molecular formula is C30H43Cl2NO3. The summed E-state index contributed by atoms with van der Waals surface area (Å²) in [5.41, 5.74) is 2.77. The summed E-state index contributed by atoms with van der Waals surface area (Å²) in [6.45, 7) is 6.18. The Balaban J connectivity index is 0.00000304. The zero-order valence-electron chi connectivity index (χ0n) is 21.8. The van der Waals surface area contributed by atoms with Crippen molar-refractivity contribution < 1.29 is 32.7 Å². The Morgan fingerprint density at radius 1 is 1.11 bits per heavy atom. The van der Waals surface area contributed by atoms with Crippen molar-refractivity contribution >= 4 is 17.4 Å². The van der Waals surface area contributed by atoms with Gasteiger partial charge in [0.1, 0.15) is 18.4 Å². The third kappa shape index (κ3) is 5.06. The van der Waals surface area contributed by atoms with Crippen LogP contribution in [0.5, 0.6) is 0 Å². The molecule has 200 valence electrons. The van der Waals surface area contributed by atoms with Gasteiger partial charge in [-0.2, -0.15) is 0 Å². The third-order valence-electron chi connectivity index (χ3n) is 10.7. The fourth-order valence-corrected chi connectivity index (χ4v) is 8.81. The highest BCUT2D eigenvalue weighted by atomic mass is 35.5. The van der Waals surface area contributed by atoms with Crippen LogP contribution in [-0.2, 0) is 4.79 Å². The van der Waals surface area contributed by atoms with E-state index in [9.17, 15) is 15.0 Å². The van der Waals surface area contributed by atoms with Crippen LogP contribution in [0.25, 0.3) is 0 Å². The molecule has 4 nitrogen and oxygen atoms in total. The van der Waals surface area contributed by atoms with E-state index in [1.165, 1.54) is 24.8 Å². The maximum absolute atomic E-state index is 13.4. The number of hydrogen-bond donors (Lipinski definition) is 3. The summed E-state index contributed by atoms with van der Waals surface area (Å²) in [6.07, 6.45) is 11.1. The van der Waals surface area contributed by atoms with Crippen LogP contribution in [0.4, 0.5) is 0 Å². The van der Waals surface area contributed by atoms with Crippen LogP contribution in [0.3, 0.4) is 0 Å². The lowest BCUT2D eigenvalue weighted by Crippen LogP contribution is -3.00. The first-order valence-corrected chi connectivity index (χ1v) is 14.3. The van der Waals surface area contributed by atoms with Gasteiger partial charge in [0, 0.05) is 10.9 Å². The predicted molar refractivity (Wildman–Crippen MR) is 139 cm³/mol. The van der Waals surface area contributed by atoms with E-state index in [2.05, 4.69) is 25.2 Å². The van der Waals surface area contributed by atoms with Gasteiger partial charge in [-0.3, -0.25) is 4.79 Å². The number of nitrogens with two attached hydrogens (primary N) is 1. The second-order valence-corrected chi connectivity index (χ2v) is 12.9. The molecule has 0 amide bonds. The van der Waals surface area contributed by atoms with Crippen molar-refractivity contribution in [3.05, 3.63) is 46.5 Å². The minimum Gasteiger partial charge on any atom is -1.00 e. The highest BCUT2D eigenvalue weighted by molar-refractivity contribution is 6.30. The van der Waals surface area contributed by atoms with E-state index in [1.807, 2.05) is 12.1 Å². The molecule has 3 fully saturated rings. The quantitative estimate of drug-likeness (QED) is 0.368. The first-order valence-electron chi connectivity index (χ1n) is 13.9. The largest absolute Gasteiger partial charge is 1.00 e. The lowest BCUT2D eigenvalue weighted by atomic mass is 9.47. The second kappa shape index (κ2) is 11.1. The number of ketones is 1. The van der Waals surface area contributed by atoms with Crippen LogP contribution >= 0.6 is 11.6 Å². The molecule has 8 unspecified atom stereocenters. The molecule has 3 saturated carbocycles. The topological polar surface area (TPSA) is 74.1 Å². The van der Waals surface area contributed by atoms with Gasteiger partial charge in [0.05, 0.1) is 19.1 Å². The molecule has 8 atom stereocenters. The molecule has 0 radical (unpaired) electrons. The fourth-order valence-electron chi connectivity index (χ4n) is 8.69. The molecule has 4 aliphatic carbocycles. The van der Waals surface area contributed by atoms with E-state index in [4.69, 9.17) is 11.6 Å². The number of fused-ring (bicyclic) bond motifs is 5. The summed E-state index contributed by atoms with van der Waals surface area (Å²) in [4.78, 5) is 13.4. The molecule has 4 N–H and O–H groups in total. The lowest BCUT2D eigenvalue weighted by Gasteiger charge is -2.58. The molecule has 0 saturated heterocycles. The van der Waals surface area contributed by atoms with Crippen molar-refractivity contribution in [3.63, 3.8) is 0 Å². The number of Topliss-reactive ketones (excluding diaryl/α,β-unsaturated/α-hetero) is 1. The number of carbonyl (C=O) groups is 1. The van der Waals surface area contributed by atoms with E-state index in [1.54, 1.807) is 12.1 Å².